The largest absolute Gasteiger partial charge is 0.481 e. The van der Waals surface area contributed by atoms with Crippen molar-refractivity contribution in [1.29, 1.82) is 0 Å². The van der Waals surface area contributed by atoms with Crippen LogP contribution in [0.2, 0.25) is 5.02 Å². The van der Waals surface area contributed by atoms with Gasteiger partial charge in [-0.1, -0.05) is 35.9 Å². The average Bonchev–Trinajstić information content (AvgIpc) is 2.41. The number of hydrogen-bond acceptors (Lipinski definition) is 3. The van der Waals surface area contributed by atoms with Crippen LogP contribution in [0.5, 0.6) is 5.88 Å². The number of nitrogens with zero attached hydrogens (tertiary/aromatic N) is 1. The number of ether oxygens (including phenoxy) is 1. The van der Waals surface area contributed by atoms with E-state index < -0.39 is 6.10 Å². The molecule has 2 rings (SSSR count). The van der Waals surface area contributed by atoms with E-state index in [9.17, 15) is 5.11 Å². The second-order valence-electron chi connectivity index (χ2n) is 3.92. The Morgan fingerprint density at radius 1 is 1.22 bits per heavy atom. The number of halogens is 1. The molecule has 0 radical (unpaired) electrons. The minimum Gasteiger partial charge on any atom is -0.481 e. The summed E-state index contributed by atoms with van der Waals surface area (Å²) in [6.45, 7) is 0. The van der Waals surface area contributed by atoms with Gasteiger partial charge < -0.3 is 9.84 Å². The molecule has 0 spiro atoms. The second-order valence-corrected chi connectivity index (χ2v) is 4.32. The van der Waals surface area contributed by atoms with E-state index in [1.807, 2.05) is 24.3 Å². The van der Waals surface area contributed by atoms with Crippen molar-refractivity contribution < 1.29 is 9.84 Å². The van der Waals surface area contributed by atoms with E-state index in [2.05, 4.69) is 4.98 Å². The summed E-state index contributed by atoms with van der Waals surface area (Å²) >= 11 is 6.06. The summed E-state index contributed by atoms with van der Waals surface area (Å²) in [4.78, 5) is 4.20. The molecule has 1 atom stereocenters. The molecule has 4 heteroatoms. The molecule has 0 saturated carbocycles. The van der Waals surface area contributed by atoms with Crippen molar-refractivity contribution in [2.75, 3.05) is 7.11 Å². The van der Waals surface area contributed by atoms with Gasteiger partial charge in [-0.05, 0) is 17.7 Å². The highest BCUT2D eigenvalue weighted by Crippen LogP contribution is 2.23. The van der Waals surface area contributed by atoms with E-state index >= 15 is 0 Å². The Morgan fingerprint density at radius 3 is 2.72 bits per heavy atom. The summed E-state index contributed by atoms with van der Waals surface area (Å²) in [5, 5.41) is 10.8. The molecule has 0 aliphatic heterocycles. The number of aromatic nitrogens is 1. The summed E-state index contributed by atoms with van der Waals surface area (Å²) in [7, 11) is 1.55. The predicted octanol–water partition coefficient (Wildman–Crippen LogP) is 3.02. The van der Waals surface area contributed by atoms with Crippen LogP contribution < -0.4 is 4.74 Å². The quantitative estimate of drug-likeness (QED) is 0.922. The van der Waals surface area contributed by atoms with E-state index in [0.717, 1.165) is 5.56 Å². The average molecular weight is 264 g/mol. The zero-order valence-electron chi connectivity index (χ0n) is 10.0. The minimum absolute atomic E-state index is 0.430. The van der Waals surface area contributed by atoms with Crippen molar-refractivity contribution in [3.8, 4) is 5.88 Å². The maximum absolute atomic E-state index is 10.1. The third-order valence-electron chi connectivity index (χ3n) is 2.67. The minimum atomic E-state index is -0.694. The lowest BCUT2D eigenvalue weighted by Gasteiger charge is -2.12. The van der Waals surface area contributed by atoms with Crippen LogP contribution in [0, 0.1) is 0 Å². The van der Waals surface area contributed by atoms with Crippen LogP contribution in [0.3, 0.4) is 0 Å². The standard InChI is InChI=1S/C14H14ClNO2/c1-18-14-8-4-7-12(16-14)13(17)9-10-5-2-3-6-11(10)15/h2-8,13,17H,9H2,1H3. The summed E-state index contributed by atoms with van der Waals surface area (Å²) in [5.74, 6) is 0.491. The smallest absolute Gasteiger partial charge is 0.213 e. The normalized spacial score (nSPS) is 12.2. The summed E-state index contributed by atoms with van der Waals surface area (Å²) in [6, 6.07) is 12.8. The first-order chi connectivity index (χ1) is 8.70. The second kappa shape index (κ2) is 5.85. The number of benzene rings is 1. The maximum Gasteiger partial charge on any atom is 0.213 e. The number of rotatable bonds is 4. The lowest BCUT2D eigenvalue weighted by molar-refractivity contribution is 0.172. The molecule has 1 N–H and O–H groups in total. The lowest BCUT2D eigenvalue weighted by Crippen LogP contribution is -2.05. The topological polar surface area (TPSA) is 42.4 Å². The van der Waals surface area contributed by atoms with E-state index in [-0.39, 0.29) is 0 Å². The highest BCUT2D eigenvalue weighted by molar-refractivity contribution is 6.31. The van der Waals surface area contributed by atoms with Crippen LogP contribution >= 0.6 is 11.6 Å². The summed E-state index contributed by atoms with van der Waals surface area (Å²) in [6.07, 6.45) is -0.264. The van der Waals surface area contributed by atoms with Gasteiger partial charge in [0.05, 0.1) is 12.8 Å². The number of aliphatic hydroxyl groups excluding tert-OH is 1. The van der Waals surface area contributed by atoms with Gasteiger partial charge in [0.1, 0.15) is 6.10 Å². The molecule has 3 nitrogen and oxygen atoms in total. The van der Waals surface area contributed by atoms with E-state index in [0.29, 0.717) is 23.0 Å². The number of methoxy groups -OCH3 is 1. The predicted molar refractivity (Wildman–Crippen MR) is 70.9 cm³/mol. The summed E-state index contributed by atoms with van der Waals surface area (Å²) < 4.78 is 5.03. The van der Waals surface area contributed by atoms with Gasteiger partial charge in [0.2, 0.25) is 5.88 Å². The van der Waals surface area contributed by atoms with Crippen LogP contribution in [0.25, 0.3) is 0 Å². The van der Waals surface area contributed by atoms with Crippen LogP contribution in [0.15, 0.2) is 42.5 Å². The van der Waals surface area contributed by atoms with Gasteiger partial charge in [-0.2, -0.15) is 0 Å². The fourth-order valence-electron chi connectivity index (χ4n) is 1.71. The van der Waals surface area contributed by atoms with Crippen LogP contribution in [0.1, 0.15) is 17.4 Å². The maximum atomic E-state index is 10.1. The molecular formula is C14H14ClNO2. The Balaban J connectivity index is 2.16. The molecule has 2 aromatic rings. The van der Waals surface area contributed by atoms with E-state index in [4.69, 9.17) is 16.3 Å². The molecule has 18 heavy (non-hydrogen) atoms. The van der Waals surface area contributed by atoms with Crippen LogP contribution in [-0.2, 0) is 6.42 Å². The Morgan fingerprint density at radius 2 is 2.00 bits per heavy atom. The fraction of sp³-hybridized carbons (Fsp3) is 0.214. The SMILES string of the molecule is COc1cccc(C(O)Cc2ccccc2Cl)n1. The first kappa shape index (κ1) is 12.9. The highest BCUT2D eigenvalue weighted by atomic mass is 35.5. The monoisotopic (exact) mass is 263 g/mol. The summed E-state index contributed by atoms with van der Waals surface area (Å²) in [5.41, 5.74) is 1.48. The molecule has 0 bridgehead atoms. The molecule has 0 amide bonds. The van der Waals surface area contributed by atoms with Crippen molar-refractivity contribution in [3.63, 3.8) is 0 Å². The Hall–Kier alpha value is -1.58. The van der Waals surface area contributed by atoms with Crippen LogP contribution in [-0.4, -0.2) is 17.2 Å². The Labute approximate surface area is 111 Å². The van der Waals surface area contributed by atoms with Crippen molar-refractivity contribution in [3.05, 3.63) is 58.7 Å². The number of aliphatic hydroxyl groups is 1. The zero-order chi connectivity index (χ0) is 13.0. The first-order valence-corrected chi connectivity index (χ1v) is 6.01. The number of pyridine rings is 1. The first-order valence-electron chi connectivity index (χ1n) is 5.63. The molecule has 0 aliphatic carbocycles. The molecule has 0 fully saturated rings. The third-order valence-corrected chi connectivity index (χ3v) is 3.04. The molecule has 1 unspecified atom stereocenters. The Kier molecular flexibility index (Phi) is 4.18. The van der Waals surface area contributed by atoms with Crippen LogP contribution in [0.4, 0.5) is 0 Å². The molecule has 0 aliphatic rings. The van der Waals surface area contributed by atoms with E-state index in [1.54, 1.807) is 25.3 Å². The van der Waals surface area contributed by atoms with Gasteiger partial charge >= 0.3 is 0 Å². The van der Waals surface area contributed by atoms with Gasteiger partial charge in [0.15, 0.2) is 0 Å². The fourth-order valence-corrected chi connectivity index (χ4v) is 1.92. The van der Waals surface area contributed by atoms with Gasteiger partial charge in [0, 0.05) is 17.5 Å². The Bertz CT molecular complexity index is 531. The molecular weight excluding hydrogens is 250 g/mol. The third kappa shape index (κ3) is 3.00. The van der Waals surface area contributed by atoms with Crippen molar-refractivity contribution in [2.24, 2.45) is 0 Å². The van der Waals surface area contributed by atoms with Gasteiger partial charge in [-0.3, -0.25) is 0 Å². The van der Waals surface area contributed by atoms with Gasteiger partial charge in [-0.25, -0.2) is 4.98 Å². The molecule has 1 aromatic heterocycles. The molecule has 0 saturated heterocycles. The van der Waals surface area contributed by atoms with Crippen molar-refractivity contribution >= 4 is 11.6 Å². The van der Waals surface area contributed by atoms with E-state index in [1.165, 1.54) is 0 Å². The van der Waals surface area contributed by atoms with Crippen molar-refractivity contribution in [1.82, 2.24) is 4.98 Å². The van der Waals surface area contributed by atoms with Crippen molar-refractivity contribution in [2.45, 2.75) is 12.5 Å². The van der Waals surface area contributed by atoms with Gasteiger partial charge in [0.25, 0.3) is 0 Å². The zero-order valence-corrected chi connectivity index (χ0v) is 10.8. The highest BCUT2D eigenvalue weighted by Gasteiger charge is 2.12. The molecule has 94 valence electrons. The number of hydrogen-bond donors (Lipinski definition) is 1. The molecule has 1 aromatic carbocycles. The lowest BCUT2D eigenvalue weighted by atomic mass is 10.1. The molecule has 1 heterocycles. The van der Waals surface area contributed by atoms with Gasteiger partial charge in [-0.15, -0.1) is 0 Å².